The van der Waals surface area contributed by atoms with Crippen LogP contribution in [0.15, 0.2) is 42.5 Å². The van der Waals surface area contributed by atoms with E-state index in [0.29, 0.717) is 22.7 Å². The van der Waals surface area contributed by atoms with Crippen LogP contribution in [-0.2, 0) is 0 Å². The lowest BCUT2D eigenvalue weighted by Gasteiger charge is -2.20. The standard InChI is InChI=1S/C15H14ClF2N/c1-2-19-15(10-4-3-5-12(17)8-10)13-9-11(16)6-7-14(13)18/h3-9,15,19H,2H2,1H3. The molecule has 1 N–H and O–H groups in total. The minimum absolute atomic E-state index is 0.345. The van der Waals surface area contributed by atoms with Gasteiger partial charge in [-0.25, -0.2) is 8.78 Å². The molecule has 4 heteroatoms. The van der Waals surface area contributed by atoms with Crippen LogP contribution in [-0.4, -0.2) is 6.54 Å². The predicted molar refractivity (Wildman–Crippen MR) is 73.3 cm³/mol. The van der Waals surface area contributed by atoms with Crippen molar-refractivity contribution in [2.24, 2.45) is 0 Å². The lowest BCUT2D eigenvalue weighted by Crippen LogP contribution is -2.23. The Morgan fingerprint density at radius 3 is 2.63 bits per heavy atom. The third-order valence-electron chi connectivity index (χ3n) is 2.86. The summed E-state index contributed by atoms with van der Waals surface area (Å²) in [6.45, 7) is 2.54. The van der Waals surface area contributed by atoms with Crippen LogP contribution in [0.1, 0.15) is 24.1 Å². The molecule has 0 saturated heterocycles. The average Bonchev–Trinajstić information content (AvgIpc) is 2.39. The smallest absolute Gasteiger partial charge is 0.128 e. The Balaban J connectivity index is 2.48. The molecule has 0 radical (unpaired) electrons. The molecule has 2 aromatic rings. The summed E-state index contributed by atoms with van der Waals surface area (Å²) < 4.78 is 27.3. The second kappa shape index (κ2) is 6.13. The lowest BCUT2D eigenvalue weighted by molar-refractivity contribution is 0.554. The zero-order valence-corrected chi connectivity index (χ0v) is 11.2. The van der Waals surface area contributed by atoms with E-state index >= 15 is 0 Å². The first kappa shape index (κ1) is 14.0. The van der Waals surface area contributed by atoms with E-state index in [0.717, 1.165) is 0 Å². The molecule has 0 bridgehead atoms. The van der Waals surface area contributed by atoms with Gasteiger partial charge in [0, 0.05) is 10.6 Å². The molecule has 0 saturated carbocycles. The van der Waals surface area contributed by atoms with E-state index in [-0.39, 0.29) is 11.6 Å². The van der Waals surface area contributed by atoms with Crippen LogP contribution in [0.5, 0.6) is 0 Å². The molecule has 0 amide bonds. The van der Waals surface area contributed by atoms with Gasteiger partial charge in [-0.2, -0.15) is 0 Å². The number of hydrogen-bond donors (Lipinski definition) is 1. The Morgan fingerprint density at radius 2 is 1.95 bits per heavy atom. The largest absolute Gasteiger partial charge is 0.306 e. The summed E-state index contributed by atoms with van der Waals surface area (Å²) in [4.78, 5) is 0. The van der Waals surface area contributed by atoms with Crippen LogP contribution in [0.4, 0.5) is 8.78 Å². The van der Waals surface area contributed by atoms with Gasteiger partial charge in [-0.3, -0.25) is 0 Å². The summed E-state index contributed by atoms with van der Waals surface area (Å²) >= 11 is 5.91. The van der Waals surface area contributed by atoms with Crippen molar-refractivity contribution in [1.29, 1.82) is 0 Å². The SMILES string of the molecule is CCNC(c1cccc(F)c1)c1cc(Cl)ccc1F. The second-order valence-electron chi connectivity index (χ2n) is 4.21. The monoisotopic (exact) mass is 281 g/mol. The molecular formula is C15H14ClF2N. The van der Waals surface area contributed by atoms with Gasteiger partial charge in [0.05, 0.1) is 6.04 Å². The topological polar surface area (TPSA) is 12.0 Å². The zero-order valence-electron chi connectivity index (χ0n) is 10.5. The zero-order chi connectivity index (χ0) is 13.8. The van der Waals surface area contributed by atoms with Gasteiger partial charge in [-0.15, -0.1) is 0 Å². The summed E-state index contributed by atoms with van der Waals surface area (Å²) in [5.74, 6) is -0.706. The average molecular weight is 282 g/mol. The highest BCUT2D eigenvalue weighted by atomic mass is 35.5. The first-order chi connectivity index (χ1) is 9.11. The summed E-state index contributed by atoms with van der Waals surface area (Å²) in [6, 6.07) is 10.1. The maximum atomic E-state index is 13.9. The Morgan fingerprint density at radius 1 is 1.16 bits per heavy atom. The molecule has 0 spiro atoms. The van der Waals surface area contributed by atoms with Gasteiger partial charge >= 0.3 is 0 Å². The fraction of sp³-hybridized carbons (Fsp3) is 0.200. The summed E-state index contributed by atoms with van der Waals surface area (Å²) in [7, 11) is 0. The first-order valence-corrected chi connectivity index (χ1v) is 6.43. The highest BCUT2D eigenvalue weighted by Crippen LogP contribution is 2.27. The van der Waals surface area contributed by atoms with Crippen molar-refractivity contribution in [1.82, 2.24) is 5.32 Å². The molecule has 0 aliphatic heterocycles. The quantitative estimate of drug-likeness (QED) is 0.880. The van der Waals surface area contributed by atoms with Crippen molar-refractivity contribution in [2.75, 3.05) is 6.54 Å². The van der Waals surface area contributed by atoms with Gasteiger partial charge < -0.3 is 5.32 Å². The Hall–Kier alpha value is -1.45. The van der Waals surface area contributed by atoms with Crippen molar-refractivity contribution < 1.29 is 8.78 Å². The number of hydrogen-bond acceptors (Lipinski definition) is 1. The number of benzene rings is 2. The molecule has 1 nitrogen and oxygen atoms in total. The first-order valence-electron chi connectivity index (χ1n) is 6.05. The van der Waals surface area contributed by atoms with Gasteiger partial charge in [0.15, 0.2) is 0 Å². The predicted octanol–water partition coefficient (Wildman–Crippen LogP) is 4.32. The second-order valence-corrected chi connectivity index (χ2v) is 4.65. The van der Waals surface area contributed by atoms with E-state index in [9.17, 15) is 8.78 Å². The third-order valence-corrected chi connectivity index (χ3v) is 3.09. The Kier molecular flexibility index (Phi) is 4.51. The summed E-state index contributed by atoms with van der Waals surface area (Å²) in [5.41, 5.74) is 1.09. The molecule has 100 valence electrons. The van der Waals surface area contributed by atoms with Crippen LogP contribution in [0, 0.1) is 11.6 Å². The molecular weight excluding hydrogens is 268 g/mol. The fourth-order valence-corrected chi connectivity index (χ4v) is 2.21. The molecule has 0 aromatic heterocycles. The van der Waals surface area contributed by atoms with E-state index in [1.807, 2.05) is 6.92 Å². The number of rotatable bonds is 4. The molecule has 0 fully saturated rings. The van der Waals surface area contributed by atoms with Crippen molar-refractivity contribution in [2.45, 2.75) is 13.0 Å². The van der Waals surface area contributed by atoms with E-state index in [2.05, 4.69) is 5.32 Å². The maximum Gasteiger partial charge on any atom is 0.128 e. The van der Waals surface area contributed by atoms with Crippen LogP contribution < -0.4 is 5.32 Å². The molecule has 0 aliphatic rings. The number of nitrogens with one attached hydrogen (secondary N) is 1. The van der Waals surface area contributed by atoms with Crippen LogP contribution in [0.25, 0.3) is 0 Å². The van der Waals surface area contributed by atoms with E-state index in [1.165, 1.54) is 24.3 Å². The van der Waals surface area contributed by atoms with E-state index in [1.54, 1.807) is 18.2 Å². The lowest BCUT2D eigenvalue weighted by atomic mass is 9.98. The molecule has 1 atom stereocenters. The van der Waals surface area contributed by atoms with Crippen molar-refractivity contribution in [3.05, 3.63) is 70.2 Å². The van der Waals surface area contributed by atoms with Gasteiger partial charge in [0.1, 0.15) is 11.6 Å². The van der Waals surface area contributed by atoms with Crippen LogP contribution in [0.3, 0.4) is 0 Å². The van der Waals surface area contributed by atoms with E-state index < -0.39 is 6.04 Å². The van der Waals surface area contributed by atoms with E-state index in [4.69, 9.17) is 11.6 Å². The summed E-state index contributed by atoms with van der Waals surface area (Å²) in [5, 5.41) is 3.60. The molecule has 1 unspecified atom stereocenters. The normalized spacial score (nSPS) is 12.4. The highest BCUT2D eigenvalue weighted by Gasteiger charge is 2.17. The highest BCUT2D eigenvalue weighted by molar-refractivity contribution is 6.30. The van der Waals surface area contributed by atoms with Crippen LogP contribution in [0.2, 0.25) is 5.02 Å². The van der Waals surface area contributed by atoms with Gasteiger partial charge in [-0.1, -0.05) is 30.7 Å². The molecule has 2 aromatic carbocycles. The third kappa shape index (κ3) is 3.31. The molecule has 19 heavy (non-hydrogen) atoms. The Bertz CT molecular complexity index is 572. The van der Waals surface area contributed by atoms with Crippen molar-refractivity contribution in [3.63, 3.8) is 0 Å². The van der Waals surface area contributed by atoms with Gasteiger partial charge in [0.25, 0.3) is 0 Å². The van der Waals surface area contributed by atoms with Gasteiger partial charge in [0.2, 0.25) is 0 Å². The van der Waals surface area contributed by atoms with Crippen LogP contribution >= 0.6 is 11.6 Å². The Labute approximate surface area is 116 Å². The van der Waals surface area contributed by atoms with Crippen molar-refractivity contribution >= 4 is 11.6 Å². The summed E-state index contributed by atoms with van der Waals surface area (Å²) in [6.07, 6.45) is 0. The molecule has 0 aliphatic carbocycles. The minimum Gasteiger partial charge on any atom is -0.306 e. The van der Waals surface area contributed by atoms with Crippen molar-refractivity contribution in [3.8, 4) is 0 Å². The molecule has 2 rings (SSSR count). The number of halogens is 3. The fourth-order valence-electron chi connectivity index (χ4n) is 2.03. The van der Waals surface area contributed by atoms with Gasteiger partial charge in [-0.05, 0) is 42.4 Å². The maximum absolute atomic E-state index is 13.9. The minimum atomic E-state index is -0.417. The molecule has 0 heterocycles.